The van der Waals surface area contributed by atoms with Crippen LogP contribution >= 0.6 is 0 Å². The van der Waals surface area contributed by atoms with Gasteiger partial charge in [0, 0.05) is 18.7 Å². The average molecular weight is 380 g/mol. The predicted molar refractivity (Wildman–Crippen MR) is 104 cm³/mol. The molecule has 7 heteroatoms. The number of nitrogens with zero attached hydrogens (tertiary/aromatic N) is 1. The molecule has 26 heavy (non-hydrogen) atoms. The fraction of sp³-hybridized carbons (Fsp3) is 0.526. The number of sulfonamides is 1. The van der Waals surface area contributed by atoms with E-state index in [0.717, 1.165) is 32.0 Å². The summed E-state index contributed by atoms with van der Waals surface area (Å²) in [6.07, 6.45) is 4.90. The SMILES string of the molecule is C=CCNS(=O)(=O)c1ccc(C(=O)NCCCN2CCC(C)CC2)cc1. The zero-order valence-corrected chi connectivity index (χ0v) is 16.2. The van der Waals surface area contributed by atoms with Crippen molar-refractivity contribution in [2.75, 3.05) is 32.7 Å². The first kappa shape index (κ1) is 20.6. The molecule has 0 aromatic heterocycles. The zero-order valence-electron chi connectivity index (χ0n) is 15.4. The highest BCUT2D eigenvalue weighted by Crippen LogP contribution is 2.15. The number of carbonyl (C=O) groups is 1. The third-order valence-electron chi connectivity index (χ3n) is 4.66. The topological polar surface area (TPSA) is 78.5 Å². The van der Waals surface area contributed by atoms with E-state index < -0.39 is 10.0 Å². The molecule has 0 atom stereocenters. The standard InChI is InChI=1S/C19H29N3O3S/c1-3-11-21-26(24,25)18-7-5-17(6-8-18)19(23)20-12-4-13-22-14-9-16(2)10-15-22/h3,5-8,16,21H,1,4,9-15H2,2H3,(H,20,23). The summed E-state index contributed by atoms with van der Waals surface area (Å²) in [6, 6.07) is 5.94. The first-order chi connectivity index (χ1) is 12.4. The minimum absolute atomic E-state index is 0.134. The van der Waals surface area contributed by atoms with E-state index in [1.807, 2.05) is 0 Å². The molecule has 1 aliphatic heterocycles. The maximum Gasteiger partial charge on any atom is 0.251 e. The molecule has 1 fully saturated rings. The second-order valence-electron chi connectivity index (χ2n) is 6.80. The molecular weight excluding hydrogens is 350 g/mol. The Bertz CT molecular complexity index is 693. The maximum absolute atomic E-state index is 12.2. The lowest BCUT2D eigenvalue weighted by molar-refractivity contribution is 0.0950. The van der Waals surface area contributed by atoms with Gasteiger partial charge in [-0.3, -0.25) is 4.79 Å². The van der Waals surface area contributed by atoms with E-state index in [1.54, 1.807) is 0 Å². The highest BCUT2D eigenvalue weighted by molar-refractivity contribution is 7.89. The summed E-state index contributed by atoms with van der Waals surface area (Å²) in [7, 11) is -3.56. The summed E-state index contributed by atoms with van der Waals surface area (Å²) < 4.78 is 26.4. The van der Waals surface area contributed by atoms with Gasteiger partial charge in [0.1, 0.15) is 0 Å². The lowest BCUT2D eigenvalue weighted by atomic mass is 9.99. The van der Waals surface area contributed by atoms with E-state index in [-0.39, 0.29) is 17.3 Å². The third kappa shape index (κ3) is 6.23. The molecule has 0 radical (unpaired) electrons. The van der Waals surface area contributed by atoms with Crippen LogP contribution in [0.4, 0.5) is 0 Å². The van der Waals surface area contributed by atoms with Crippen LogP contribution in [0.2, 0.25) is 0 Å². The van der Waals surface area contributed by atoms with Gasteiger partial charge in [-0.1, -0.05) is 13.0 Å². The van der Waals surface area contributed by atoms with Gasteiger partial charge in [-0.25, -0.2) is 13.1 Å². The fourth-order valence-electron chi connectivity index (χ4n) is 2.93. The van der Waals surface area contributed by atoms with Crippen LogP contribution in [0.1, 0.15) is 36.5 Å². The molecular formula is C19H29N3O3S. The summed E-state index contributed by atoms with van der Waals surface area (Å²) in [5, 5.41) is 2.90. The quantitative estimate of drug-likeness (QED) is 0.508. The Morgan fingerprint density at radius 3 is 2.54 bits per heavy atom. The van der Waals surface area contributed by atoms with Crippen molar-refractivity contribution in [2.45, 2.75) is 31.1 Å². The number of carbonyl (C=O) groups excluding carboxylic acids is 1. The first-order valence-corrected chi connectivity index (χ1v) is 10.6. The number of hydrogen-bond donors (Lipinski definition) is 2. The molecule has 0 aliphatic carbocycles. The van der Waals surface area contributed by atoms with Gasteiger partial charge >= 0.3 is 0 Å². The van der Waals surface area contributed by atoms with Crippen LogP contribution in [-0.4, -0.2) is 51.9 Å². The van der Waals surface area contributed by atoms with Crippen molar-refractivity contribution in [3.05, 3.63) is 42.5 Å². The smallest absolute Gasteiger partial charge is 0.251 e. The molecule has 1 amide bonds. The van der Waals surface area contributed by atoms with Gasteiger partial charge < -0.3 is 10.2 Å². The van der Waals surface area contributed by atoms with Crippen LogP contribution in [0.25, 0.3) is 0 Å². The summed E-state index contributed by atoms with van der Waals surface area (Å²) in [5.41, 5.74) is 0.458. The van der Waals surface area contributed by atoms with E-state index in [4.69, 9.17) is 0 Å². The summed E-state index contributed by atoms with van der Waals surface area (Å²) in [5.74, 6) is 0.643. The van der Waals surface area contributed by atoms with Crippen molar-refractivity contribution in [1.29, 1.82) is 0 Å². The third-order valence-corrected chi connectivity index (χ3v) is 6.10. The van der Waals surface area contributed by atoms with Gasteiger partial charge in [0.25, 0.3) is 5.91 Å². The molecule has 2 N–H and O–H groups in total. The van der Waals surface area contributed by atoms with E-state index in [9.17, 15) is 13.2 Å². The molecule has 1 aromatic rings. The molecule has 144 valence electrons. The Labute approximate surface area is 156 Å². The highest BCUT2D eigenvalue weighted by atomic mass is 32.2. The van der Waals surface area contributed by atoms with Crippen LogP contribution in [0.5, 0.6) is 0 Å². The van der Waals surface area contributed by atoms with E-state index in [2.05, 4.69) is 28.4 Å². The predicted octanol–water partition coefficient (Wildman–Crippen LogP) is 2.00. The van der Waals surface area contributed by atoms with Crippen LogP contribution in [0.3, 0.4) is 0 Å². The number of piperidine rings is 1. The molecule has 2 rings (SSSR count). The molecule has 0 unspecified atom stereocenters. The zero-order chi connectivity index (χ0) is 19.0. The molecule has 6 nitrogen and oxygen atoms in total. The van der Waals surface area contributed by atoms with Crippen molar-refractivity contribution < 1.29 is 13.2 Å². The number of benzene rings is 1. The molecule has 0 bridgehead atoms. The summed E-state index contributed by atoms with van der Waals surface area (Å²) >= 11 is 0. The number of likely N-dealkylation sites (tertiary alicyclic amines) is 1. The Morgan fingerprint density at radius 2 is 1.92 bits per heavy atom. The van der Waals surface area contributed by atoms with Crippen LogP contribution in [-0.2, 0) is 10.0 Å². The maximum atomic E-state index is 12.2. The van der Waals surface area contributed by atoms with Crippen molar-refractivity contribution in [1.82, 2.24) is 14.9 Å². The van der Waals surface area contributed by atoms with Gasteiger partial charge in [-0.2, -0.15) is 0 Å². The average Bonchev–Trinajstić information content (AvgIpc) is 2.65. The monoisotopic (exact) mass is 379 g/mol. The highest BCUT2D eigenvalue weighted by Gasteiger charge is 2.16. The minimum Gasteiger partial charge on any atom is -0.352 e. The lowest BCUT2D eigenvalue weighted by Crippen LogP contribution is -2.35. The molecule has 0 saturated carbocycles. The molecule has 1 heterocycles. The number of hydrogen-bond acceptors (Lipinski definition) is 4. The van der Waals surface area contributed by atoms with Crippen molar-refractivity contribution >= 4 is 15.9 Å². The number of amides is 1. The summed E-state index contributed by atoms with van der Waals surface area (Å²) in [4.78, 5) is 14.7. The second kappa shape index (κ2) is 9.85. The fourth-order valence-corrected chi connectivity index (χ4v) is 3.93. The lowest BCUT2D eigenvalue weighted by Gasteiger charge is -2.30. The van der Waals surface area contributed by atoms with Crippen molar-refractivity contribution in [3.63, 3.8) is 0 Å². The van der Waals surface area contributed by atoms with Gasteiger partial charge in [0.05, 0.1) is 4.90 Å². The van der Waals surface area contributed by atoms with E-state index in [1.165, 1.54) is 43.2 Å². The molecule has 1 aliphatic rings. The number of nitrogens with one attached hydrogen (secondary N) is 2. The van der Waals surface area contributed by atoms with Gasteiger partial charge in [0.15, 0.2) is 0 Å². The first-order valence-electron chi connectivity index (χ1n) is 9.13. The largest absolute Gasteiger partial charge is 0.352 e. The minimum atomic E-state index is -3.56. The Balaban J connectivity index is 1.76. The van der Waals surface area contributed by atoms with Crippen LogP contribution in [0, 0.1) is 5.92 Å². The Morgan fingerprint density at radius 1 is 1.27 bits per heavy atom. The van der Waals surface area contributed by atoms with Gasteiger partial charge in [-0.15, -0.1) is 6.58 Å². The Hall–Kier alpha value is -1.70. The normalized spacial score (nSPS) is 16.3. The van der Waals surface area contributed by atoms with E-state index in [0.29, 0.717) is 12.1 Å². The van der Waals surface area contributed by atoms with Gasteiger partial charge in [0.2, 0.25) is 10.0 Å². The van der Waals surface area contributed by atoms with Crippen molar-refractivity contribution in [2.24, 2.45) is 5.92 Å². The van der Waals surface area contributed by atoms with Crippen molar-refractivity contribution in [3.8, 4) is 0 Å². The number of rotatable bonds is 9. The second-order valence-corrected chi connectivity index (χ2v) is 8.57. The van der Waals surface area contributed by atoms with Crippen LogP contribution < -0.4 is 10.0 Å². The van der Waals surface area contributed by atoms with Crippen LogP contribution in [0.15, 0.2) is 41.8 Å². The Kier molecular flexibility index (Phi) is 7.81. The summed E-state index contributed by atoms with van der Waals surface area (Å²) in [6.45, 7) is 9.85. The molecule has 1 aromatic carbocycles. The van der Waals surface area contributed by atoms with E-state index >= 15 is 0 Å². The molecule has 1 saturated heterocycles. The molecule has 0 spiro atoms. The van der Waals surface area contributed by atoms with Gasteiger partial charge in [-0.05, 0) is 69.1 Å².